The van der Waals surface area contributed by atoms with Crippen LogP contribution in [0.25, 0.3) is 33.4 Å². The molecule has 14 N–H and O–H groups in total. The summed E-state index contributed by atoms with van der Waals surface area (Å²) in [6.45, 7) is 6.53. The van der Waals surface area contributed by atoms with Crippen LogP contribution >= 0.6 is 23.2 Å². The Labute approximate surface area is 401 Å². The van der Waals surface area contributed by atoms with Gasteiger partial charge < -0.3 is 63.6 Å². The van der Waals surface area contributed by atoms with Crippen molar-refractivity contribution in [2.45, 2.75) is 38.9 Å². The van der Waals surface area contributed by atoms with Crippen molar-refractivity contribution in [3.8, 4) is 33.4 Å². The maximum absolute atomic E-state index is 11.6. The fourth-order valence-electron chi connectivity index (χ4n) is 6.42. The van der Waals surface area contributed by atoms with E-state index in [0.29, 0.717) is 61.0 Å². The average Bonchev–Trinajstić information content (AvgIpc) is 3.28. The Morgan fingerprint density at radius 1 is 0.471 bits per heavy atom. The highest BCUT2D eigenvalue weighted by Crippen LogP contribution is 2.38. The SMILES string of the molecule is CC(C)(O)c1cc(Cl)c(-c2cnc(C(C)(C)O)c(N)c2)cc1N.COC(=O)c1cc(Cl)c(-c2cnc(C(=O)OC)c(N)c2)cc1N.COC(=O)c1ccc(-c2cnc(C(=O)OC)c(N)c2)cc1N. The minimum absolute atomic E-state index is 0.00604. The first kappa shape index (κ1) is 52.9. The zero-order valence-electron chi connectivity index (χ0n) is 38.2. The fraction of sp³-hybridized carbons (Fsp3) is 0.213. The third-order valence-corrected chi connectivity index (χ3v) is 10.5. The van der Waals surface area contributed by atoms with Crippen molar-refractivity contribution < 1.29 is 48.3 Å². The molecule has 358 valence electrons. The minimum Gasteiger partial charge on any atom is -0.465 e. The average molecular weight is 973 g/mol. The largest absolute Gasteiger partial charge is 0.465 e. The van der Waals surface area contributed by atoms with Crippen LogP contribution in [0.3, 0.4) is 0 Å². The molecule has 0 atom stereocenters. The number of nitrogens with two attached hydrogens (primary N) is 6. The Bertz CT molecular complexity index is 2840. The zero-order chi connectivity index (χ0) is 51.0. The second kappa shape index (κ2) is 21.7. The summed E-state index contributed by atoms with van der Waals surface area (Å²) in [6.07, 6.45) is 4.49. The van der Waals surface area contributed by atoms with Gasteiger partial charge in [0.05, 0.1) is 67.9 Å². The van der Waals surface area contributed by atoms with Crippen molar-refractivity contribution in [3.63, 3.8) is 0 Å². The Morgan fingerprint density at radius 2 is 0.882 bits per heavy atom. The summed E-state index contributed by atoms with van der Waals surface area (Å²) in [5, 5.41) is 20.9. The molecule has 0 aliphatic carbocycles. The summed E-state index contributed by atoms with van der Waals surface area (Å²) in [7, 11) is 5.02. The molecule has 0 radical (unpaired) electrons. The molecule has 3 aromatic carbocycles. The highest BCUT2D eigenvalue weighted by Gasteiger charge is 2.24. The topological polar surface area (TPSA) is 340 Å². The Morgan fingerprint density at radius 3 is 1.34 bits per heavy atom. The number of carbonyl (C=O) groups excluding carboxylic acids is 4. The van der Waals surface area contributed by atoms with Crippen LogP contribution in [0.4, 0.5) is 34.1 Å². The predicted octanol–water partition coefficient (Wildman–Crippen LogP) is 6.65. The molecule has 0 spiro atoms. The van der Waals surface area contributed by atoms with Gasteiger partial charge in [-0.1, -0.05) is 29.3 Å². The first-order valence-corrected chi connectivity index (χ1v) is 20.7. The fourth-order valence-corrected chi connectivity index (χ4v) is 6.97. The van der Waals surface area contributed by atoms with Crippen LogP contribution in [-0.4, -0.2) is 77.5 Å². The standard InChI is InChI=1S/C17H22ClN3O2.C15H14ClN3O4.C15H15N3O4/c1-16(2,22)11-7-12(18)10(6-13(11)19)9-5-14(20)15(21-8-9)17(3,4)23;1-22-14(20)9-4-10(16)8(5-11(9)17)7-3-12(18)13(19-6-7)15(21)23-2;1-21-14(19)10-4-3-8(5-11(10)16)9-6-12(17)13(18-7-9)15(20)22-2/h5-8,22-23H,19-20H2,1-4H3;3-6H,17-18H2,1-2H3;3-7H,16-17H2,1-2H3. The van der Waals surface area contributed by atoms with E-state index >= 15 is 0 Å². The first-order chi connectivity index (χ1) is 31.8. The molecule has 6 aromatic rings. The van der Waals surface area contributed by atoms with Gasteiger partial charge in [-0.25, -0.2) is 29.1 Å². The summed E-state index contributed by atoms with van der Waals surface area (Å²) in [5.74, 6) is -2.34. The number of anilines is 6. The molecule has 6 rings (SSSR count). The Hall–Kier alpha value is -7.71. The summed E-state index contributed by atoms with van der Waals surface area (Å²) in [6, 6.07) is 15.9. The number of hydrogen-bond acceptors (Lipinski definition) is 19. The Kier molecular flexibility index (Phi) is 16.9. The van der Waals surface area contributed by atoms with E-state index in [2.05, 4.69) is 33.9 Å². The number of hydrogen-bond donors (Lipinski definition) is 8. The van der Waals surface area contributed by atoms with Crippen molar-refractivity contribution >= 4 is 81.2 Å². The number of nitrogens with zero attached hydrogens (tertiary/aromatic N) is 3. The highest BCUT2D eigenvalue weighted by molar-refractivity contribution is 6.34. The lowest BCUT2D eigenvalue weighted by atomic mass is 9.93. The number of halogens is 2. The van der Waals surface area contributed by atoms with Crippen LogP contribution in [0.1, 0.15) is 80.6 Å². The van der Waals surface area contributed by atoms with Gasteiger partial charge in [-0.15, -0.1) is 0 Å². The van der Waals surface area contributed by atoms with Gasteiger partial charge in [-0.3, -0.25) is 4.98 Å². The van der Waals surface area contributed by atoms with Gasteiger partial charge in [0.15, 0.2) is 11.4 Å². The number of ether oxygens (including phenoxy) is 4. The molecule has 3 heterocycles. The quantitative estimate of drug-likeness (QED) is 0.0427. The van der Waals surface area contributed by atoms with Crippen molar-refractivity contribution in [2.75, 3.05) is 62.8 Å². The van der Waals surface area contributed by atoms with Crippen molar-refractivity contribution in [2.24, 2.45) is 0 Å². The first-order valence-electron chi connectivity index (χ1n) is 19.9. The molecule has 21 heteroatoms. The van der Waals surface area contributed by atoms with E-state index in [1.807, 2.05) is 0 Å². The van der Waals surface area contributed by atoms with Crippen molar-refractivity contribution in [1.29, 1.82) is 0 Å². The molecule has 0 bridgehead atoms. The lowest BCUT2D eigenvalue weighted by Gasteiger charge is -2.22. The number of aliphatic hydroxyl groups is 2. The Balaban J connectivity index is 0.000000222. The molecule has 19 nitrogen and oxygen atoms in total. The molecular formula is C47H51Cl2N9O10. The molecule has 0 saturated carbocycles. The van der Waals surface area contributed by atoms with Gasteiger partial charge in [-0.05, 0) is 87.9 Å². The summed E-state index contributed by atoms with van der Waals surface area (Å²) < 4.78 is 18.4. The van der Waals surface area contributed by atoms with E-state index in [1.54, 1.807) is 76.4 Å². The van der Waals surface area contributed by atoms with Crippen molar-refractivity contribution in [1.82, 2.24) is 15.0 Å². The number of rotatable bonds is 9. The number of nitrogen functional groups attached to an aromatic ring is 6. The van der Waals surface area contributed by atoms with E-state index in [-0.39, 0.29) is 50.3 Å². The van der Waals surface area contributed by atoms with Gasteiger partial charge in [0.25, 0.3) is 0 Å². The van der Waals surface area contributed by atoms with Gasteiger partial charge in [-0.2, -0.15) is 0 Å². The molecular weight excluding hydrogens is 921 g/mol. The maximum atomic E-state index is 11.6. The third kappa shape index (κ3) is 12.4. The zero-order valence-corrected chi connectivity index (χ0v) is 39.7. The molecule has 3 aromatic heterocycles. The molecule has 0 unspecified atom stereocenters. The molecule has 0 amide bonds. The van der Waals surface area contributed by atoms with Gasteiger partial charge in [0, 0.05) is 79.1 Å². The summed E-state index contributed by atoms with van der Waals surface area (Å²) >= 11 is 12.5. The number of pyridine rings is 3. The van der Waals surface area contributed by atoms with Gasteiger partial charge in [0.1, 0.15) is 5.60 Å². The number of aromatic nitrogens is 3. The lowest BCUT2D eigenvalue weighted by molar-refractivity contribution is 0.0586. The monoisotopic (exact) mass is 971 g/mol. The van der Waals surface area contributed by atoms with E-state index in [9.17, 15) is 29.4 Å². The minimum atomic E-state index is -1.13. The number of benzene rings is 3. The van der Waals surface area contributed by atoms with E-state index in [4.69, 9.17) is 57.6 Å². The summed E-state index contributed by atoms with van der Waals surface area (Å²) in [4.78, 5) is 58.3. The predicted molar refractivity (Wildman–Crippen MR) is 261 cm³/mol. The normalized spacial score (nSPS) is 10.9. The van der Waals surface area contributed by atoms with E-state index in [0.717, 1.165) is 0 Å². The molecule has 0 fully saturated rings. The maximum Gasteiger partial charge on any atom is 0.358 e. The van der Waals surface area contributed by atoms with Crippen molar-refractivity contribution in [3.05, 3.63) is 123 Å². The smallest absolute Gasteiger partial charge is 0.358 e. The van der Waals surface area contributed by atoms with Crippen LogP contribution in [0.15, 0.2) is 79.3 Å². The van der Waals surface area contributed by atoms with Crippen LogP contribution < -0.4 is 34.4 Å². The number of methoxy groups -OCH3 is 4. The van der Waals surface area contributed by atoms with Gasteiger partial charge >= 0.3 is 23.9 Å². The van der Waals surface area contributed by atoms with Crippen LogP contribution in [-0.2, 0) is 30.1 Å². The molecule has 0 saturated heterocycles. The highest BCUT2D eigenvalue weighted by atomic mass is 35.5. The molecule has 0 aliphatic heterocycles. The van der Waals surface area contributed by atoms with Crippen LogP contribution in [0.5, 0.6) is 0 Å². The molecule has 68 heavy (non-hydrogen) atoms. The third-order valence-electron chi connectivity index (χ3n) is 9.84. The van der Waals surface area contributed by atoms with E-state index in [1.165, 1.54) is 59.0 Å². The van der Waals surface area contributed by atoms with E-state index < -0.39 is 35.1 Å². The van der Waals surface area contributed by atoms with Crippen LogP contribution in [0, 0.1) is 0 Å². The number of esters is 4. The van der Waals surface area contributed by atoms with Gasteiger partial charge in [0.2, 0.25) is 0 Å². The second-order valence-electron chi connectivity index (χ2n) is 15.7. The summed E-state index contributed by atoms with van der Waals surface area (Å²) in [5.41, 5.74) is 40.0. The van der Waals surface area contributed by atoms with Crippen LogP contribution in [0.2, 0.25) is 10.0 Å². The second-order valence-corrected chi connectivity index (χ2v) is 16.5. The lowest BCUT2D eigenvalue weighted by Crippen LogP contribution is -2.19. The molecule has 0 aliphatic rings. The number of carbonyl (C=O) groups is 4.